The number of aliphatic imine (C=N–C) groups is 1. The normalized spacial score (nSPS) is 16.3. The van der Waals surface area contributed by atoms with Crippen LogP contribution in [0.1, 0.15) is 26.7 Å². The van der Waals surface area contributed by atoms with Crippen molar-refractivity contribution in [3.63, 3.8) is 0 Å². The number of hydrogen-bond donors (Lipinski definition) is 1. The zero-order chi connectivity index (χ0) is 18.9. The van der Waals surface area contributed by atoms with Crippen molar-refractivity contribution in [3.8, 4) is 0 Å². The standard InChI is InChI=1S/C20H32N4O2.HI/c1-5-21-20(24-13-11-17(12-14-24)19(25)26-4)22-15-16(2)23(3)18-9-7-6-8-10-18;/h6-10,16-17H,5,11-15H2,1-4H3,(H,21,22);1H. The van der Waals surface area contributed by atoms with Gasteiger partial charge in [0, 0.05) is 38.4 Å². The summed E-state index contributed by atoms with van der Waals surface area (Å²) in [7, 11) is 3.56. The second-order valence-corrected chi connectivity index (χ2v) is 6.77. The number of para-hydroxylation sites is 1. The molecule has 1 aromatic rings. The summed E-state index contributed by atoms with van der Waals surface area (Å²) in [6.07, 6.45) is 1.63. The highest BCUT2D eigenvalue weighted by Gasteiger charge is 2.27. The second-order valence-electron chi connectivity index (χ2n) is 6.77. The van der Waals surface area contributed by atoms with Crippen LogP contribution < -0.4 is 10.2 Å². The van der Waals surface area contributed by atoms with Gasteiger partial charge in [-0.15, -0.1) is 24.0 Å². The lowest BCUT2D eigenvalue weighted by atomic mass is 9.97. The van der Waals surface area contributed by atoms with Gasteiger partial charge in [-0.2, -0.15) is 0 Å². The number of halogens is 1. The molecule has 0 amide bonds. The van der Waals surface area contributed by atoms with E-state index in [1.807, 2.05) is 6.07 Å². The van der Waals surface area contributed by atoms with Crippen LogP contribution in [0.25, 0.3) is 0 Å². The highest BCUT2D eigenvalue weighted by Crippen LogP contribution is 2.19. The predicted octanol–water partition coefficient (Wildman–Crippen LogP) is 2.98. The lowest BCUT2D eigenvalue weighted by Gasteiger charge is -2.33. The lowest BCUT2D eigenvalue weighted by molar-refractivity contribution is -0.146. The Kier molecular flexibility index (Phi) is 10.5. The molecule has 0 saturated carbocycles. The van der Waals surface area contributed by atoms with E-state index in [0.29, 0.717) is 12.6 Å². The van der Waals surface area contributed by atoms with Crippen LogP contribution in [-0.2, 0) is 9.53 Å². The minimum atomic E-state index is -0.0929. The van der Waals surface area contributed by atoms with Gasteiger partial charge >= 0.3 is 5.97 Å². The molecule has 0 bridgehead atoms. The van der Waals surface area contributed by atoms with E-state index in [9.17, 15) is 4.79 Å². The molecule has 1 saturated heterocycles. The van der Waals surface area contributed by atoms with E-state index < -0.39 is 0 Å². The van der Waals surface area contributed by atoms with Gasteiger partial charge in [0.25, 0.3) is 0 Å². The Balaban J connectivity index is 0.00000364. The highest BCUT2D eigenvalue weighted by molar-refractivity contribution is 14.0. The van der Waals surface area contributed by atoms with Crippen LogP contribution in [0.5, 0.6) is 0 Å². The third-order valence-electron chi connectivity index (χ3n) is 4.99. The topological polar surface area (TPSA) is 57.2 Å². The van der Waals surface area contributed by atoms with E-state index in [1.54, 1.807) is 0 Å². The minimum absolute atomic E-state index is 0. The van der Waals surface area contributed by atoms with E-state index in [2.05, 4.69) is 60.3 Å². The van der Waals surface area contributed by atoms with Gasteiger partial charge in [0.2, 0.25) is 0 Å². The first-order valence-electron chi connectivity index (χ1n) is 9.45. The van der Waals surface area contributed by atoms with E-state index >= 15 is 0 Å². The Morgan fingerprint density at radius 3 is 2.52 bits per heavy atom. The summed E-state index contributed by atoms with van der Waals surface area (Å²) >= 11 is 0. The molecule has 1 atom stereocenters. The number of likely N-dealkylation sites (tertiary alicyclic amines) is 1. The molecule has 27 heavy (non-hydrogen) atoms. The molecule has 1 aromatic carbocycles. The fourth-order valence-electron chi connectivity index (χ4n) is 3.18. The summed E-state index contributed by atoms with van der Waals surface area (Å²) in [6.45, 7) is 7.46. The minimum Gasteiger partial charge on any atom is -0.469 e. The van der Waals surface area contributed by atoms with Crippen molar-refractivity contribution in [2.24, 2.45) is 10.9 Å². The van der Waals surface area contributed by atoms with Crippen molar-refractivity contribution in [3.05, 3.63) is 30.3 Å². The van der Waals surface area contributed by atoms with Crippen molar-refractivity contribution < 1.29 is 9.53 Å². The highest BCUT2D eigenvalue weighted by atomic mass is 127. The quantitative estimate of drug-likeness (QED) is 0.289. The summed E-state index contributed by atoms with van der Waals surface area (Å²) < 4.78 is 4.87. The van der Waals surface area contributed by atoms with Gasteiger partial charge in [-0.25, -0.2) is 0 Å². The molecule has 152 valence electrons. The summed E-state index contributed by atoms with van der Waals surface area (Å²) in [4.78, 5) is 21.0. The van der Waals surface area contributed by atoms with Crippen molar-refractivity contribution in [1.29, 1.82) is 0 Å². The number of nitrogens with one attached hydrogen (secondary N) is 1. The van der Waals surface area contributed by atoms with Crippen LogP contribution >= 0.6 is 24.0 Å². The largest absolute Gasteiger partial charge is 0.469 e. The average molecular weight is 488 g/mol. The van der Waals surface area contributed by atoms with Crippen LogP contribution in [-0.4, -0.2) is 63.2 Å². The Morgan fingerprint density at radius 1 is 1.33 bits per heavy atom. The monoisotopic (exact) mass is 488 g/mol. The van der Waals surface area contributed by atoms with Crippen LogP contribution in [0.15, 0.2) is 35.3 Å². The van der Waals surface area contributed by atoms with Gasteiger partial charge in [0.05, 0.1) is 19.6 Å². The Morgan fingerprint density at radius 2 is 1.96 bits per heavy atom. The lowest BCUT2D eigenvalue weighted by Crippen LogP contribution is -2.47. The summed E-state index contributed by atoms with van der Waals surface area (Å²) in [5, 5.41) is 3.39. The Hall–Kier alpha value is -1.51. The van der Waals surface area contributed by atoms with E-state index in [1.165, 1.54) is 12.8 Å². The second kappa shape index (κ2) is 12.0. The maximum Gasteiger partial charge on any atom is 0.308 e. The van der Waals surface area contributed by atoms with Crippen molar-refractivity contribution in [2.45, 2.75) is 32.7 Å². The number of guanidine groups is 1. The zero-order valence-electron chi connectivity index (χ0n) is 16.9. The van der Waals surface area contributed by atoms with E-state index in [-0.39, 0.29) is 35.9 Å². The van der Waals surface area contributed by atoms with Gasteiger partial charge in [-0.1, -0.05) is 18.2 Å². The molecule has 0 aromatic heterocycles. The summed E-state index contributed by atoms with van der Waals surface area (Å²) in [5.41, 5.74) is 1.19. The molecular weight excluding hydrogens is 455 g/mol. The first-order valence-corrected chi connectivity index (χ1v) is 9.45. The SMILES string of the molecule is CCNC(=NCC(C)N(C)c1ccccc1)N1CCC(C(=O)OC)CC1.I. The number of rotatable bonds is 6. The van der Waals surface area contributed by atoms with Crippen LogP contribution in [0.2, 0.25) is 0 Å². The predicted molar refractivity (Wildman–Crippen MR) is 122 cm³/mol. The fraction of sp³-hybridized carbons (Fsp3) is 0.600. The third-order valence-corrected chi connectivity index (χ3v) is 4.99. The molecule has 1 unspecified atom stereocenters. The van der Waals surface area contributed by atoms with E-state index in [4.69, 9.17) is 9.73 Å². The third kappa shape index (κ3) is 6.86. The smallest absolute Gasteiger partial charge is 0.308 e. The molecule has 1 aliphatic rings. The van der Waals surface area contributed by atoms with Crippen LogP contribution in [0.4, 0.5) is 5.69 Å². The number of carbonyl (C=O) groups is 1. The molecule has 2 rings (SSSR count). The van der Waals surface area contributed by atoms with Crippen molar-refractivity contribution in [1.82, 2.24) is 10.2 Å². The average Bonchev–Trinajstić information content (AvgIpc) is 2.70. The maximum absolute atomic E-state index is 11.7. The number of anilines is 1. The number of piperidine rings is 1. The first-order chi connectivity index (χ1) is 12.6. The Labute approximate surface area is 180 Å². The molecular formula is C20H33IN4O2. The number of likely N-dealkylation sites (N-methyl/N-ethyl adjacent to an activating group) is 1. The van der Waals surface area contributed by atoms with Gasteiger partial charge < -0.3 is 19.9 Å². The number of benzene rings is 1. The van der Waals surface area contributed by atoms with Crippen LogP contribution in [0.3, 0.4) is 0 Å². The molecule has 1 heterocycles. The van der Waals surface area contributed by atoms with Gasteiger partial charge in [-0.3, -0.25) is 9.79 Å². The van der Waals surface area contributed by atoms with Crippen molar-refractivity contribution in [2.75, 3.05) is 45.2 Å². The molecule has 0 radical (unpaired) electrons. The van der Waals surface area contributed by atoms with Gasteiger partial charge in [0.15, 0.2) is 5.96 Å². The first kappa shape index (κ1) is 23.5. The summed E-state index contributed by atoms with van der Waals surface area (Å²) in [5.74, 6) is 0.857. The maximum atomic E-state index is 11.7. The molecule has 7 heteroatoms. The molecule has 0 aliphatic carbocycles. The number of esters is 1. The number of ether oxygens (including phenoxy) is 1. The Bertz CT molecular complexity index is 589. The number of methoxy groups -OCH3 is 1. The molecule has 0 spiro atoms. The molecule has 1 fully saturated rings. The molecule has 1 aliphatic heterocycles. The van der Waals surface area contributed by atoms with Gasteiger partial charge in [-0.05, 0) is 38.8 Å². The fourth-order valence-corrected chi connectivity index (χ4v) is 3.18. The van der Waals surface area contributed by atoms with E-state index in [0.717, 1.165) is 38.4 Å². The van der Waals surface area contributed by atoms with Gasteiger partial charge in [0.1, 0.15) is 0 Å². The summed E-state index contributed by atoms with van der Waals surface area (Å²) in [6, 6.07) is 10.7. The number of hydrogen-bond acceptors (Lipinski definition) is 4. The number of nitrogens with zero attached hydrogens (tertiary/aromatic N) is 3. The zero-order valence-corrected chi connectivity index (χ0v) is 19.2. The van der Waals surface area contributed by atoms with Crippen molar-refractivity contribution >= 4 is 41.6 Å². The molecule has 6 nitrogen and oxygen atoms in total. The number of carbonyl (C=O) groups excluding carboxylic acids is 1. The van der Waals surface area contributed by atoms with Crippen LogP contribution in [0, 0.1) is 5.92 Å². The molecule has 1 N–H and O–H groups in total.